The van der Waals surface area contributed by atoms with Crippen molar-refractivity contribution in [2.45, 2.75) is 10.9 Å². The van der Waals surface area contributed by atoms with Gasteiger partial charge in [0.1, 0.15) is 11.6 Å². The molecule has 2 rings (SSSR count). The van der Waals surface area contributed by atoms with Gasteiger partial charge in [-0.05, 0) is 23.8 Å². The molecule has 0 bridgehead atoms. The predicted molar refractivity (Wildman–Crippen MR) is 70.5 cm³/mol. The zero-order valence-electron chi connectivity index (χ0n) is 9.64. The van der Waals surface area contributed by atoms with Crippen molar-refractivity contribution in [3.05, 3.63) is 65.7 Å². The van der Waals surface area contributed by atoms with Crippen LogP contribution in [0.3, 0.4) is 0 Å². The zero-order chi connectivity index (χ0) is 13.0. The van der Waals surface area contributed by atoms with E-state index < -0.39 is 11.6 Å². The lowest BCUT2D eigenvalue weighted by Crippen LogP contribution is -2.12. The van der Waals surface area contributed by atoms with E-state index in [1.165, 1.54) is 17.8 Å². The molecule has 0 aliphatic heterocycles. The summed E-state index contributed by atoms with van der Waals surface area (Å²) in [6.45, 7) is 0. The lowest BCUT2D eigenvalue weighted by molar-refractivity contribution is 0.577. The topological polar surface area (TPSA) is 26.0 Å². The van der Waals surface area contributed by atoms with Gasteiger partial charge in [-0.25, -0.2) is 8.78 Å². The van der Waals surface area contributed by atoms with E-state index in [9.17, 15) is 8.78 Å². The molecule has 0 spiro atoms. The Labute approximate surface area is 109 Å². The fourth-order valence-electron chi connectivity index (χ4n) is 1.56. The van der Waals surface area contributed by atoms with Gasteiger partial charge in [-0.15, -0.1) is 11.8 Å². The molecular formula is C14H13F2NS. The second-order valence-corrected chi connectivity index (χ2v) is 4.96. The van der Waals surface area contributed by atoms with E-state index in [0.29, 0.717) is 10.6 Å². The van der Waals surface area contributed by atoms with Crippen molar-refractivity contribution in [2.75, 3.05) is 5.75 Å². The summed E-state index contributed by atoms with van der Waals surface area (Å²) in [6, 6.07) is 12.8. The van der Waals surface area contributed by atoms with E-state index in [4.69, 9.17) is 5.73 Å². The molecule has 18 heavy (non-hydrogen) atoms. The van der Waals surface area contributed by atoms with Crippen LogP contribution in [0.2, 0.25) is 0 Å². The SMILES string of the molecule is NC(CSc1cc(F)ccc1F)c1ccccc1. The van der Waals surface area contributed by atoms with Crippen LogP contribution in [0.15, 0.2) is 53.4 Å². The average Bonchev–Trinajstić information content (AvgIpc) is 2.40. The van der Waals surface area contributed by atoms with E-state index in [-0.39, 0.29) is 6.04 Å². The van der Waals surface area contributed by atoms with Gasteiger partial charge in [0.25, 0.3) is 0 Å². The average molecular weight is 265 g/mol. The number of halogens is 2. The molecule has 2 N–H and O–H groups in total. The standard InChI is InChI=1S/C14H13F2NS/c15-11-6-7-12(16)14(8-11)18-9-13(17)10-4-2-1-3-5-10/h1-8,13H,9,17H2. The fraction of sp³-hybridized carbons (Fsp3) is 0.143. The zero-order valence-corrected chi connectivity index (χ0v) is 10.5. The summed E-state index contributed by atoms with van der Waals surface area (Å²) in [5.74, 6) is -0.349. The molecule has 2 aromatic rings. The third kappa shape index (κ3) is 3.31. The summed E-state index contributed by atoms with van der Waals surface area (Å²) in [6.07, 6.45) is 0. The fourth-order valence-corrected chi connectivity index (χ4v) is 2.52. The molecule has 0 aromatic heterocycles. The molecule has 0 radical (unpaired) electrons. The van der Waals surface area contributed by atoms with Crippen molar-refractivity contribution < 1.29 is 8.78 Å². The first kappa shape index (κ1) is 13.1. The minimum absolute atomic E-state index is 0.195. The van der Waals surface area contributed by atoms with Crippen LogP contribution in [-0.2, 0) is 0 Å². The van der Waals surface area contributed by atoms with Crippen LogP contribution in [0.4, 0.5) is 8.78 Å². The summed E-state index contributed by atoms with van der Waals surface area (Å²) in [7, 11) is 0. The summed E-state index contributed by atoms with van der Waals surface area (Å²) in [4.78, 5) is 0.293. The van der Waals surface area contributed by atoms with Crippen LogP contribution in [0.1, 0.15) is 11.6 Å². The predicted octanol–water partition coefficient (Wildman–Crippen LogP) is 3.76. The third-order valence-electron chi connectivity index (χ3n) is 2.54. The van der Waals surface area contributed by atoms with Crippen molar-refractivity contribution in [1.82, 2.24) is 0 Å². The Kier molecular flexibility index (Phi) is 4.33. The second-order valence-electron chi connectivity index (χ2n) is 3.90. The maximum atomic E-state index is 13.4. The molecule has 0 heterocycles. The minimum atomic E-state index is -0.438. The Hall–Kier alpha value is -1.39. The lowest BCUT2D eigenvalue weighted by Gasteiger charge is -2.11. The minimum Gasteiger partial charge on any atom is -0.323 e. The van der Waals surface area contributed by atoms with Crippen molar-refractivity contribution in [3.8, 4) is 0 Å². The molecule has 0 fully saturated rings. The van der Waals surface area contributed by atoms with E-state index >= 15 is 0 Å². The highest BCUT2D eigenvalue weighted by atomic mass is 32.2. The van der Waals surface area contributed by atoms with Gasteiger partial charge in [0.05, 0.1) is 0 Å². The van der Waals surface area contributed by atoms with Crippen LogP contribution in [-0.4, -0.2) is 5.75 Å². The molecule has 0 saturated heterocycles. The number of hydrogen-bond acceptors (Lipinski definition) is 2. The maximum Gasteiger partial charge on any atom is 0.136 e. The van der Waals surface area contributed by atoms with Gasteiger partial charge in [-0.2, -0.15) is 0 Å². The van der Waals surface area contributed by atoms with Crippen LogP contribution >= 0.6 is 11.8 Å². The van der Waals surface area contributed by atoms with Gasteiger partial charge < -0.3 is 5.73 Å². The van der Waals surface area contributed by atoms with E-state index in [1.54, 1.807) is 0 Å². The number of thioether (sulfide) groups is 1. The van der Waals surface area contributed by atoms with Crippen molar-refractivity contribution in [3.63, 3.8) is 0 Å². The summed E-state index contributed by atoms with van der Waals surface area (Å²) in [5.41, 5.74) is 6.98. The van der Waals surface area contributed by atoms with E-state index in [0.717, 1.165) is 17.7 Å². The molecule has 0 saturated carbocycles. The van der Waals surface area contributed by atoms with Crippen molar-refractivity contribution >= 4 is 11.8 Å². The second kappa shape index (κ2) is 5.98. The van der Waals surface area contributed by atoms with Gasteiger partial charge in [-0.1, -0.05) is 30.3 Å². The number of benzene rings is 2. The molecule has 4 heteroatoms. The highest BCUT2D eigenvalue weighted by molar-refractivity contribution is 7.99. The van der Waals surface area contributed by atoms with Crippen LogP contribution in [0, 0.1) is 11.6 Å². The van der Waals surface area contributed by atoms with Crippen LogP contribution in [0.5, 0.6) is 0 Å². The van der Waals surface area contributed by atoms with E-state index in [1.807, 2.05) is 30.3 Å². The van der Waals surface area contributed by atoms with Gasteiger partial charge in [0.2, 0.25) is 0 Å². The van der Waals surface area contributed by atoms with Gasteiger partial charge in [0, 0.05) is 16.7 Å². The largest absolute Gasteiger partial charge is 0.323 e. The molecule has 2 aromatic carbocycles. The molecule has 0 aliphatic carbocycles. The molecular weight excluding hydrogens is 252 g/mol. The number of hydrogen-bond donors (Lipinski definition) is 1. The van der Waals surface area contributed by atoms with Crippen molar-refractivity contribution in [1.29, 1.82) is 0 Å². The Bertz CT molecular complexity index is 516. The maximum absolute atomic E-state index is 13.4. The number of nitrogens with two attached hydrogens (primary N) is 1. The van der Waals surface area contributed by atoms with Crippen LogP contribution in [0.25, 0.3) is 0 Å². The van der Waals surface area contributed by atoms with Gasteiger partial charge in [0.15, 0.2) is 0 Å². The highest BCUT2D eigenvalue weighted by Gasteiger charge is 2.09. The Balaban J connectivity index is 2.01. The summed E-state index contributed by atoms with van der Waals surface area (Å²) >= 11 is 1.22. The Morgan fingerprint density at radius 3 is 2.50 bits per heavy atom. The monoisotopic (exact) mass is 265 g/mol. The first-order chi connectivity index (χ1) is 8.66. The molecule has 0 amide bonds. The Morgan fingerprint density at radius 1 is 1.06 bits per heavy atom. The first-order valence-electron chi connectivity index (χ1n) is 5.55. The van der Waals surface area contributed by atoms with E-state index in [2.05, 4.69) is 0 Å². The molecule has 1 unspecified atom stereocenters. The smallest absolute Gasteiger partial charge is 0.136 e. The van der Waals surface area contributed by atoms with Crippen molar-refractivity contribution in [2.24, 2.45) is 5.73 Å². The number of rotatable bonds is 4. The van der Waals surface area contributed by atoms with Crippen LogP contribution < -0.4 is 5.73 Å². The normalized spacial score (nSPS) is 12.4. The summed E-state index contributed by atoms with van der Waals surface area (Å²) in [5, 5.41) is 0. The summed E-state index contributed by atoms with van der Waals surface area (Å²) < 4.78 is 26.4. The Morgan fingerprint density at radius 2 is 1.78 bits per heavy atom. The molecule has 94 valence electrons. The first-order valence-corrected chi connectivity index (χ1v) is 6.54. The highest BCUT2D eigenvalue weighted by Crippen LogP contribution is 2.26. The van der Waals surface area contributed by atoms with Gasteiger partial charge in [-0.3, -0.25) is 0 Å². The molecule has 1 nitrogen and oxygen atoms in total. The third-order valence-corrected chi connectivity index (χ3v) is 3.69. The molecule has 1 atom stereocenters. The molecule has 0 aliphatic rings. The quantitative estimate of drug-likeness (QED) is 0.852. The lowest BCUT2D eigenvalue weighted by atomic mass is 10.1. The van der Waals surface area contributed by atoms with Gasteiger partial charge >= 0.3 is 0 Å².